The average Bonchev–Trinajstić information content (AvgIpc) is 2.95. The van der Waals surface area contributed by atoms with Gasteiger partial charge in [-0.2, -0.15) is 0 Å². The maximum Gasteiger partial charge on any atom is 0.0834 e. The summed E-state index contributed by atoms with van der Waals surface area (Å²) in [7, 11) is 1.84. The van der Waals surface area contributed by atoms with Crippen molar-refractivity contribution in [2.75, 3.05) is 13.7 Å². The molecule has 0 heterocycles. The molecule has 1 saturated carbocycles. The largest absolute Gasteiger partial charge is 0.377 e. The number of nitrogens with one attached hydrogen (secondary N) is 1. The van der Waals surface area contributed by atoms with Crippen molar-refractivity contribution in [1.29, 1.82) is 0 Å². The molecule has 21 heavy (non-hydrogen) atoms. The number of halogens is 2. The summed E-state index contributed by atoms with van der Waals surface area (Å²) in [5.41, 5.74) is 1.08. The van der Waals surface area contributed by atoms with Gasteiger partial charge in [-0.25, -0.2) is 0 Å². The van der Waals surface area contributed by atoms with Gasteiger partial charge in [0.2, 0.25) is 0 Å². The molecular weight excluding hydrogens is 305 g/mol. The Morgan fingerprint density at radius 3 is 2.57 bits per heavy atom. The minimum absolute atomic E-state index is 0.0574. The van der Waals surface area contributed by atoms with Gasteiger partial charge in [-0.3, -0.25) is 0 Å². The molecule has 2 rings (SSSR count). The summed E-state index contributed by atoms with van der Waals surface area (Å²) in [4.78, 5) is 0. The molecule has 2 nitrogen and oxygen atoms in total. The van der Waals surface area contributed by atoms with Gasteiger partial charge in [0.25, 0.3) is 0 Å². The average molecular weight is 330 g/mol. The standard InChI is InChI=1S/C17H25Cl2NO/c1-3-10-20-16(17(21-2)8-4-5-9-17)11-13-6-7-14(18)12-15(13)19/h6-7,12,16,20H,3-5,8-11H2,1-2H3. The molecule has 0 amide bonds. The van der Waals surface area contributed by atoms with Gasteiger partial charge in [-0.15, -0.1) is 0 Å². The van der Waals surface area contributed by atoms with Gasteiger partial charge in [-0.1, -0.05) is 49.0 Å². The minimum Gasteiger partial charge on any atom is -0.377 e. The van der Waals surface area contributed by atoms with Crippen LogP contribution in [0.5, 0.6) is 0 Å². The van der Waals surface area contributed by atoms with Crippen LogP contribution >= 0.6 is 23.2 Å². The Hall–Kier alpha value is -0.280. The molecule has 1 aromatic rings. The Balaban J connectivity index is 2.19. The minimum atomic E-state index is -0.0574. The first kappa shape index (κ1) is 17.1. The summed E-state index contributed by atoms with van der Waals surface area (Å²) >= 11 is 12.3. The van der Waals surface area contributed by atoms with Crippen LogP contribution in [0.1, 0.15) is 44.6 Å². The third-order valence-electron chi connectivity index (χ3n) is 4.57. The van der Waals surface area contributed by atoms with Gasteiger partial charge in [0.05, 0.1) is 5.60 Å². The van der Waals surface area contributed by atoms with E-state index in [1.807, 2.05) is 25.3 Å². The van der Waals surface area contributed by atoms with E-state index in [0.717, 1.165) is 42.8 Å². The predicted octanol–water partition coefficient (Wildman–Crippen LogP) is 4.86. The van der Waals surface area contributed by atoms with E-state index in [0.29, 0.717) is 11.1 Å². The maximum atomic E-state index is 6.35. The second-order valence-corrected chi connectivity index (χ2v) is 6.77. The molecule has 1 atom stereocenters. The fourth-order valence-corrected chi connectivity index (χ4v) is 3.82. The van der Waals surface area contributed by atoms with E-state index < -0.39 is 0 Å². The van der Waals surface area contributed by atoms with Crippen molar-refractivity contribution in [2.24, 2.45) is 0 Å². The summed E-state index contributed by atoms with van der Waals surface area (Å²) < 4.78 is 5.96. The SMILES string of the molecule is CCCNC(Cc1ccc(Cl)cc1Cl)C1(OC)CCCC1. The van der Waals surface area contributed by atoms with Crippen LogP contribution in [-0.4, -0.2) is 25.3 Å². The normalized spacial score (nSPS) is 18.9. The highest BCUT2D eigenvalue weighted by molar-refractivity contribution is 6.35. The zero-order valence-electron chi connectivity index (χ0n) is 12.9. The van der Waals surface area contributed by atoms with Crippen molar-refractivity contribution in [1.82, 2.24) is 5.32 Å². The second-order valence-electron chi connectivity index (χ2n) is 5.92. The van der Waals surface area contributed by atoms with E-state index in [4.69, 9.17) is 27.9 Å². The molecule has 1 aliphatic rings. The molecule has 4 heteroatoms. The highest BCUT2D eigenvalue weighted by Crippen LogP contribution is 2.37. The summed E-state index contributed by atoms with van der Waals surface area (Å²) in [6, 6.07) is 6.06. The molecule has 0 radical (unpaired) electrons. The highest BCUT2D eigenvalue weighted by atomic mass is 35.5. The van der Waals surface area contributed by atoms with E-state index in [2.05, 4.69) is 12.2 Å². The van der Waals surface area contributed by atoms with Crippen molar-refractivity contribution < 1.29 is 4.74 Å². The van der Waals surface area contributed by atoms with Crippen molar-refractivity contribution in [3.8, 4) is 0 Å². The third-order valence-corrected chi connectivity index (χ3v) is 5.16. The van der Waals surface area contributed by atoms with Crippen LogP contribution < -0.4 is 5.32 Å². The van der Waals surface area contributed by atoms with Crippen LogP contribution in [0.15, 0.2) is 18.2 Å². The predicted molar refractivity (Wildman–Crippen MR) is 90.5 cm³/mol. The first-order valence-electron chi connectivity index (χ1n) is 7.84. The lowest BCUT2D eigenvalue weighted by Gasteiger charge is -2.37. The Morgan fingerprint density at radius 2 is 2.00 bits per heavy atom. The molecule has 1 fully saturated rings. The van der Waals surface area contributed by atoms with Gasteiger partial charge in [0, 0.05) is 23.2 Å². The van der Waals surface area contributed by atoms with Gasteiger partial charge in [0.15, 0.2) is 0 Å². The van der Waals surface area contributed by atoms with E-state index >= 15 is 0 Å². The molecular formula is C17H25Cl2NO. The Labute approximate surface area is 138 Å². The number of hydrogen-bond donors (Lipinski definition) is 1. The fourth-order valence-electron chi connectivity index (χ4n) is 3.34. The Bertz CT molecular complexity index is 458. The molecule has 0 spiro atoms. The summed E-state index contributed by atoms with van der Waals surface area (Å²) in [5, 5.41) is 5.11. The van der Waals surface area contributed by atoms with E-state index in [-0.39, 0.29) is 5.60 Å². The summed E-state index contributed by atoms with van der Waals surface area (Å²) in [5.74, 6) is 0. The first-order valence-corrected chi connectivity index (χ1v) is 8.59. The van der Waals surface area contributed by atoms with Crippen molar-refractivity contribution in [2.45, 2.75) is 57.1 Å². The molecule has 1 N–H and O–H groups in total. The fraction of sp³-hybridized carbons (Fsp3) is 0.647. The van der Waals surface area contributed by atoms with E-state index in [9.17, 15) is 0 Å². The van der Waals surface area contributed by atoms with Crippen molar-refractivity contribution >= 4 is 23.2 Å². The molecule has 0 bridgehead atoms. The van der Waals surface area contributed by atoms with Crippen LogP contribution in [0.4, 0.5) is 0 Å². The van der Waals surface area contributed by atoms with Gasteiger partial charge in [0.1, 0.15) is 0 Å². The molecule has 0 aliphatic heterocycles. The number of ether oxygens (including phenoxy) is 1. The maximum absolute atomic E-state index is 6.35. The third kappa shape index (κ3) is 4.13. The monoisotopic (exact) mass is 329 g/mol. The van der Waals surface area contributed by atoms with Crippen LogP contribution in [-0.2, 0) is 11.2 Å². The first-order chi connectivity index (χ1) is 10.1. The lowest BCUT2D eigenvalue weighted by molar-refractivity contribution is -0.0354. The molecule has 1 unspecified atom stereocenters. The number of benzene rings is 1. The summed E-state index contributed by atoms with van der Waals surface area (Å²) in [6.07, 6.45) is 6.72. The molecule has 1 aliphatic carbocycles. The smallest absolute Gasteiger partial charge is 0.0834 e. The topological polar surface area (TPSA) is 21.3 Å². The lowest BCUT2D eigenvalue weighted by atomic mass is 9.87. The van der Waals surface area contributed by atoms with Crippen LogP contribution in [0.2, 0.25) is 10.0 Å². The Morgan fingerprint density at radius 1 is 1.29 bits per heavy atom. The molecule has 0 aromatic heterocycles. The number of methoxy groups -OCH3 is 1. The highest BCUT2D eigenvalue weighted by Gasteiger charge is 2.41. The number of rotatable bonds is 7. The van der Waals surface area contributed by atoms with Gasteiger partial charge < -0.3 is 10.1 Å². The number of hydrogen-bond acceptors (Lipinski definition) is 2. The van der Waals surface area contributed by atoms with Crippen molar-refractivity contribution in [3.63, 3.8) is 0 Å². The molecule has 0 saturated heterocycles. The lowest BCUT2D eigenvalue weighted by Crippen LogP contribution is -2.52. The second kappa shape index (κ2) is 7.82. The molecule has 1 aromatic carbocycles. The quantitative estimate of drug-likeness (QED) is 0.771. The zero-order chi connectivity index (χ0) is 15.3. The zero-order valence-corrected chi connectivity index (χ0v) is 14.4. The van der Waals surface area contributed by atoms with E-state index in [1.54, 1.807) is 0 Å². The van der Waals surface area contributed by atoms with Gasteiger partial charge >= 0.3 is 0 Å². The Kier molecular flexibility index (Phi) is 6.36. The van der Waals surface area contributed by atoms with Crippen molar-refractivity contribution in [3.05, 3.63) is 33.8 Å². The molecule has 118 valence electrons. The summed E-state index contributed by atoms with van der Waals surface area (Å²) in [6.45, 7) is 3.19. The van der Waals surface area contributed by atoms with Crippen LogP contribution in [0.3, 0.4) is 0 Å². The van der Waals surface area contributed by atoms with E-state index in [1.165, 1.54) is 12.8 Å². The van der Waals surface area contributed by atoms with Gasteiger partial charge in [-0.05, 0) is 49.9 Å². The van der Waals surface area contributed by atoms with Crippen LogP contribution in [0.25, 0.3) is 0 Å². The van der Waals surface area contributed by atoms with Crippen LogP contribution in [0, 0.1) is 0 Å².